The third-order valence-corrected chi connectivity index (χ3v) is 3.09. The first kappa shape index (κ1) is 15.6. The van der Waals surface area contributed by atoms with Crippen molar-refractivity contribution < 1.29 is 14.3 Å². The summed E-state index contributed by atoms with van der Waals surface area (Å²) < 4.78 is 10.4. The molecular weight excluding hydrogens is 264 g/mol. The van der Waals surface area contributed by atoms with Crippen molar-refractivity contribution in [1.82, 2.24) is 0 Å². The summed E-state index contributed by atoms with van der Waals surface area (Å²) in [5.41, 5.74) is 1.57. The Balaban J connectivity index is 3.32. The first-order chi connectivity index (χ1) is 8.90. The van der Waals surface area contributed by atoms with Gasteiger partial charge in [0, 0.05) is 0 Å². The summed E-state index contributed by atoms with van der Waals surface area (Å²) >= 11 is 6.14. The van der Waals surface area contributed by atoms with Crippen LogP contribution in [0.2, 0.25) is 5.02 Å². The highest BCUT2D eigenvalue weighted by atomic mass is 35.5. The van der Waals surface area contributed by atoms with Crippen molar-refractivity contribution in [2.45, 2.75) is 20.8 Å². The zero-order valence-corrected chi connectivity index (χ0v) is 12.7. The molecule has 0 heterocycles. The van der Waals surface area contributed by atoms with E-state index in [0.29, 0.717) is 16.5 Å². The summed E-state index contributed by atoms with van der Waals surface area (Å²) in [5.74, 6) is 1.26. The number of benzene rings is 1. The average molecular weight is 283 g/mol. The highest BCUT2D eigenvalue weighted by molar-refractivity contribution is 6.32. The van der Waals surface area contributed by atoms with Crippen LogP contribution < -0.4 is 9.47 Å². The smallest absolute Gasteiger partial charge is 0.179 e. The molecule has 104 valence electrons. The molecule has 0 aliphatic carbocycles. The number of allylic oxidation sites excluding steroid dienone is 1. The molecular formula is C15H19ClO3. The summed E-state index contributed by atoms with van der Waals surface area (Å²) in [6.45, 7) is 5.53. The quantitative estimate of drug-likeness (QED) is 0.766. The first-order valence-corrected chi connectivity index (χ1v) is 6.42. The van der Waals surface area contributed by atoms with Gasteiger partial charge in [0.1, 0.15) is 0 Å². The van der Waals surface area contributed by atoms with Gasteiger partial charge in [-0.3, -0.25) is 4.79 Å². The van der Waals surface area contributed by atoms with E-state index in [1.54, 1.807) is 26.2 Å². The van der Waals surface area contributed by atoms with E-state index < -0.39 is 0 Å². The molecule has 1 aromatic carbocycles. The number of hydrogen-bond acceptors (Lipinski definition) is 3. The Morgan fingerprint density at radius 2 is 1.89 bits per heavy atom. The summed E-state index contributed by atoms with van der Waals surface area (Å²) in [7, 11) is 3.09. The lowest BCUT2D eigenvalue weighted by atomic mass is 9.97. The number of rotatable bonds is 5. The number of hydrogen-bond donors (Lipinski definition) is 0. The second-order valence-electron chi connectivity index (χ2n) is 4.55. The molecule has 0 atom stereocenters. The van der Waals surface area contributed by atoms with Gasteiger partial charge in [0.25, 0.3) is 0 Å². The second kappa shape index (κ2) is 6.62. The van der Waals surface area contributed by atoms with Crippen LogP contribution in [0.4, 0.5) is 0 Å². The van der Waals surface area contributed by atoms with Crippen molar-refractivity contribution in [3.05, 3.63) is 28.3 Å². The molecule has 0 amide bonds. The van der Waals surface area contributed by atoms with Crippen molar-refractivity contribution in [3.8, 4) is 11.5 Å². The fourth-order valence-electron chi connectivity index (χ4n) is 1.88. The maximum absolute atomic E-state index is 11.6. The Morgan fingerprint density at radius 1 is 1.26 bits per heavy atom. The van der Waals surface area contributed by atoms with Crippen LogP contribution >= 0.6 is 11.6 Å². The van der Waals surface area contributed by atoms with Gasteiger partial charge in [0.05, 0.1) is 19.2 Å². The maximum Gasteiger partial charge on any atom is 0.179 e. The van der Waals surface area contributed by atoms with E-state index >= 15 is 0 Å². The highest BCUT2D eigenvalue weighted by Gasteiger charge is 2.13. The van der Waals surface area contributed by atoms with Crippen LogP contribution in [0.15, 0.2) is 17.7 Å². The molecule has 0 aliphatic rings. The molecule has 0 fully saturated rings. The topological polar surface area (TPSA) is 35.5 Å². The van der Waals surface area contributed by atoms with E-state index in [9.17, 15) is 4.79 Å². The number of carbonyl (C=O) groups is 1. The molecule has 0 spiro atoms. The highest BCUT2D eigenvalue weighted by Crippen LogP contribution is 2.36. The number of methoxy groups -OCH3 is 2. The predicted molar refractivity (Wildman–Crippen MR) is 78.1 cm³/mol. The van der Waals surface area contributed by atoms with Crippen LogP contribution in [-0.2, 0) is 4.79 Å². The molecule has 0 aliphatic heterocycles. The lowest BCUT2D eigenvalue weighted by Crippen LogP contribution is -2.03. The molecule has 0 aromatic heterocycles. The van der Waals surface area contributed by atoms with Crippen LogP contribution in [0, 0.1) is 5.92 Å². The Bertz CT molecular complexity index is 504. The third kappa shape index (κ3) is 3.74. The van der Waals surface area contributed by atoms with Crippen molar-refractivity contribution >= 4 is 23.5 Å². The molecule has 4 heteroatoms. The predicted octanol–water partition coefficient (Wildman–Crippen LogP) is 3.99. The molecule has 19 heavy (non-hydrogen) atoms. The van der Waals surface area contributed by atoms with Gasteiger partial charge < -0.3 is 9.47 Å². The van der Waals surface area contributed by atoms with Crippen LogP contribution in [0.1, 0.15) is 26.3 Å². The monoisotopic (exact) mass is 282 g/mol. The zero-order valence-electron chi connectivity index (χ0n) is 11.9. The standard InChI is InChI=1S/C15H19ClO3/c1-9(2)12(10(3)17)6-11-7-13(16)15(19-5)14(8-11)18-4/h6-9H,1-5H3/b12-6+. The first-order valence-electron chi connectivity index (χ1n) is 6.04. The molecule has 0 unspecified atom stereocenters. The van der Waals surface area contributed by atoms with Gasteiger partial charge in [-0.05, 0) is 42.2 Å². The number of Topliss-reactive ketones (excluding diaryl/α,β-unsaturated/α-hetero) is 1. The van der Waals surface area contributed by atoms with Crippen molar-refractivity contribution in [1.29, 1.82) is 0 Å². The van der Waals surface area contributed by atoms with E-state index in [1.165, 1.54) is 7.11 Å². The Hall–Kier alpha value is -1.48. The van der Waals surface area contributed by atoms with Crippen LogP contribution in [0.25, 0.3) is 6.08 Å². The van der Waals surface area contributed by atoms with Gasteiger partial charge in [-0.25, -0.2) is 0 Å². The van der Waals surface area contributed by atoms with Crippen molar-refractivity contribution in [3.63, 3.8) is 0 Å². The minimum absolute atomic E-state index is 0.0564. The summed E-state index contributed by atoms with van der Waals surface area (Å²) in [6, 6.07) is 3.56. The van der Waals surface area contributed by atoms with Crippen LogP contribution in [0.3, 0.4) is 0 Å². The second-order valence-corrected chi connectivity index (χ2v) is 4.96. The molecule has 0 saturated heterocycles. The molecule has 1 aromatic rings. The molecule has 0 N–H and O–H groups in total. The number of ether oxygens (including phenoxy) is 2. The van der Waals surface area contributed by atoms with E-state index in [1.807, 2.05) is 19.9 Å². The normalized spacial score (nSPS) is 11.6. The lowest BCUT2D eigenvalue weighted by Gasteiger charge is -2.12. The van der Waals surface area contributed by atoms with E-state index in [0.717, 1.165) is 11.1 Å². The summed E-state index contributed by atoms with van der Waals surface area (Å²) in [5, 5.41) is 0.458. The van der Waals surface area contributed by atoms with Gasteiger partial charge >= 0.3 is 0 Å². The molecule has 0 saturated carbocycles. The van der Waals surface area contributed by atoms with Crippen LogP contribution in [-0.4, -0.2) is 20.0 Å². The Kier molecular flexibility index (Phi) is 5.43. The van der Waals surface area contributed by atoms with Crippen LogP contribution in [0.5, 0.6) is 11.5 Å². The third-order valence-electron chi connectivity index (χ3n) is 2.81. The maximum atomic E-state index is 11.6. The van der Waals surface area contributed by atoms with Gasteiger partial charge in [-0.1, -0.05) is 25.4 Å². The zero-order chi connectivity index (χ0) is 14.6. The van der Waals surface area contributed by atoms with Gasteiger partial charge in [-0.2, -0.15) is 0 Å². The van der Waals surface area contributed by atoms with E-state index in [-0.39, 0.29) is 11.7 Å². The summed E-state index contributed by atoms with van der Waals surface area (Å²) in [6.07, 6.45) is 1.83. The molecule has 1 rings (SSSR count). The molecule has 0 radical (unpaired) electrons. The fourth-order valence-corrected chi connectivity index (χ4v) is 2.17. The van der Waals surface area contributed by atoms with Gasteiger partial charge in [-0.15, -0.1) is 0 Å². The van der Waals surface area contributed by atoms with E-state index in [4.69, 9.17) is 21.1 Å². The minimum atomic E-state index is 0.0564. The Morgan fingerprint density at radius 3 is 2.32 bits per heavy atom. The largest absolute Gasteiger partial charge is 0.493 e. The SMILES string of the molecule is COc1cc(/C=C(/C(C)=O)C(C)C)cc(Cl)c1OC. The molecule has 0 bridgehead atoms. The van der Waals surface area contributed by atoms with E-state index in [2.05, 4.69) is 0 Å². The van der Waals surface area contributed by atoms with Gasteiger partial charge in [0.15, 0.2) is 17.3 Å². The molecule has 3 nitrogen and oxygen atoms in total. The number of carbonyl (C=O) groups excluding carboxylic acids is 1. The van der Waals surface area contributed by atoms with Crippen molar-refractivity contribution in [2.24, 2.45) is 5.92 Å². The average Bonchev–Trinajstić information content (AvgIpc) is 2.34. The Labute approximate surface area is 119 Å². The fraction of sp³-hybridized carbons (Fsp3) is 0.400. The minimum Gasteiger partial charge on any atom is -0.493 e. The number of ketones is 1. The lowest BCUT2D eigenvalue weighted by molar-refractivity contribution is -0.113. The number of halogens is 1. The van der Waals surface area contributed by atoms with Gasteiger partial charge in [0.2, 0.25) is 0 Å². The van der Waals surface area contributed by atoms with Crippen molar-refractivity contribution in [2.75, 3.05) is 14.2 Å². The summed E-state index contributed by atoms with van der Waals surface area (Å²) in [4.78, 5) is 11.6.